The number of aromatic nitrogens is 2. The smallest absolute Gasteiger partial charge is 0.269 e. The molecule has 0 atom stereocenters. The number of para-hydroxylation sites is 1. The quantitative estimate of drug-likeness (QED) is 0.378. The predicted octanol–water partition coefficient (Wildman–Crippen LogP) is 3.40. The van der Waals surface area contributed by atoms with Gasteiger partial charge in [0, 0.05) is 12.1 Å². The number of non-ortho nitro benzene ring substituents is 1. The summed E-state index contributed by atoms with van der Waals surface area (Å²) >= 11 is 0. The van der Waals surface area contributed by atoms with Gasteiger partial charge in [0.2, 0.25) is 0 Å². The van der Waals surface area contributed by atoms with E-state index in [0.29, 0.717) is 22.4 Å². The number of nitro groups is 1. The molecule has 0 unspecified atom stereocenters. The van der Waals surface area contributed by atoms with Crippen LogP contribution >= 0.6 is 0 Å². The standard InChI is InChI=1S/C21H16N4O5S/c1-14-22-20-8-3-2-7-19(20)21(26)24(14)17-6-4-5-15(13-17)23-31(29,30)18-11-9-16(10-12-18)25(27)28/h2-13,23H,1H3. The van der Waals surface area contributed by atoms with Gasteiger partial charge in [0.05, 0.1) is 32.1 Å². The Kier molecular flexibility index (Phi) is 4.99. The first-order valence-corrected chi connectivity index (χ1v) is 10.6. The van der Waals surface area contributed by atoms with E-state index in [4.69, 9.17) is 0 Å². The molecule has 0 fully saturated rings. The molecule has 4 aromatic rings. The number of anilines is 1. The summed E-state index contributed by atoms with van der Waals surface area (Å²) in [4.78, 5) is 27.5. The van der Waals surface area contributed by atoms with Crippen LogP contribution in [0.25, 0.3) is 16.6 Å². The van der Waals surface area contributed by atoms with Crippen molar-refractivity contribution >= 4 is 32.3 Å². The highest BCUT2D eigenvalue weighted by molar-refractivity contribution is 7.92. The van der Waals surface area contributed by atoms with Gasteiger partial charge in [0.15, 0.2) is 0 Å². The summed E-state index contributed by atoms with van der Waals surface area (Å²) in [5.74, 6) is 0.457. The number of aryl methyl sites for hydroxylation is 1. The Labute approximate surface area is 176 Å². The largest absolute Gasteiger partial charge is 0.280 e. The van der Waals surface area contributed by atoms with Gasteiger partial charge >= 0.3 is 0 Å². The molecule has 1 N–H and O–H groups in total. The van der Waals surface area contributed by atoms with Gasteiger partial charge in [-0.1, -0.05) is 18.2 Å². The maximum Gasteiger partial charge on any atom is 0.269 e. The van der Waals surface area contributed by atoms with E-state index >= 15 is 0 Å². The van der Waals surface area contributed by atoms with Gasteiger partial charge in [0.1, 0.15) is 5.82 Å². The molecule has 0 amide bonds. The number of fused-ring (bicyclic) bond motifs is 1. The number of rotatable bonds is 5. The lowest BCUT2D eigenvalue weighted by Crippen LogP contribution is -2.22. The van der Waals surface area contributed by atoms with E-state index in [1.807, 2.05) is 0 Å². The molecule has 0 bridgehead atoms. The second-order valence-electron chi connectivity index (χ2n) is 6.72. The Hall–Kier alpha value is -4.05. The third-order valence-corrected chi connectivity index (χ3v) is 6.06. The fourth-order valence-electron chi connectivity index (χ4n) is 3.22. The van der Waals surface area contributed by atoms with E-state index in [0.717, 1.165) is 24.3 Å². The molecule has 0 spiro atoms. The van der Waals surface area contributed by atoms with E-state index in [1.54, 1.807) is 49.4 Å². The Morgan fingerprint density at radius 2 is 1.71 bits per heavy atom. The van der Waals surface area contributed by atoms with Crippen LogP contribution in [0.1, 0.15) is 5.82 Å². The van der Waals surface area contributed by atoms with Gasteiger partial charge < -0.3 is 0 Å². The van der Waals surface area contributed by atoms with E-state index in [-0.39, 0.29) is 21.8 Å². The fourth-order valence-corrected chi connectivity index (χ4v) is 4.27. The van der Waals surface area contributed by atoms with Crippen molar-refractivity contribution in [1.82, 2.24) is 9.55 Å². The summed E-state index contributed by atoms with van der Waals surface area (Å²) in [6.45, 7) is 1.70. The Morgan fingerprint density at radius 1 is 1.00 bits per heavy atom. The first-order chi connectivity index (χ1) is 14.8. The van der Waals surface area contributed by atoms with Crippen molar-refractivity contribution in [3.05, 3.63) is 99.1 Å². The number of nitrogens with zero attached hydrogens (tertiary/aromatic N) is 3. The van der Waals surface area contributed by atoms with Crippen molar-refractivity contribution in [3.63, 3.8) is 0 Å². The maximum absolute atomic E-state index is 13.0. The molecule has 0 aliphatic rings. The van der Waals surface area contributed by atoms with Gasteiger partial charge in [-0.15, -0.1) is 0 Å². The average molecular weight is 436 g/mol. The van der Waals surface area contributed by atoms with Crippen LogP contribution in [-0.4, -0.2) is 22.9 Å². The fraction of sp³-hybridized carbons (Fsp3) is 0.0476. The molecule has 0 aliphatic heterocycles. The van der Waals surface area contributed by atoms with Gasteiger partial charge in [0.25, 0.3) is 21.3 Å². The van der Waals surface area contributed by atoms with Crippen molar-refractivity contribution < 1.29 is 13.3 Å². The summed E-state index contributed by atoms with van der Waals surface area (Å²) in [5, 5.41) is 11.2. The van der Waals surface area contributed by atoms with Crippen LogP contribution in [0.3, 0.4) is 0 Å². The monoisotopic (exact) mass is 436 g/mol. The molecule has 4 rings (SSSR count). The van der Waals surface area contributed by atoms with Gasteiger partial charge in [-0.05, 0) is 49.4 Å². The van der Waals surface area contributed by atoms with E-state index in [9.17, 15) is 23.3 Å². The Balaban J connectivity index is 1.72. The summed E-state index contributed by atoms with van der Waals surface area (Å²) in [6.07, 6.45) is 0. The number of benzene rings is 3. The van der Waals surface area contributed by atoms with Crippen molar-refractivity contribution in [2.45, 2.75) is 11.8 Å². The number of hydrogen-bond acceptors (Lipinski definition) is 6. The zero-order valence-corrected chi connectivity index (χ0v) is 17.0. The molecule has 10 heteroatoms. The van der Waals surface area contributed by atoms with E-state index in [1.165, 1.54) is 10.6 Å². The van der Waals surface area contributed by atoms with Crippen molar-refractivity contribution in [3.8, 4) is 5.69 Å². The minimum atomic E-state index is -3.99. The maximum atomic E-state index is 13.0. The van der Waals surface area contributed by atoms with Crippen molar-refractivity contribution in [2.75, 3.05) is 4.72 Å². The SMILES string of the molecule is Cc1nc2ccccc2c(=O)n1-c1cccc(NS(=O)(=O)c2ccc([N+](=O)[O-])cc2)c1. The minimum absolute atomic E-state index is 0.121. The lowest BCUT2D eigenvalue weighted by atomic mass is 10.2. The Morgan fingerprint density at radius 3 is 2.42 bits per heavy atom. The summed E-state index contributed by atoms with van der Waals surface area (Å²) in [7, 11) is -3.99. The third kappa shape index (κ3) is 3.88. The van der Waals surface area contributed by atoms with E-state index in [2.05, 4.69) is 9.71 Å². The van der Waals surface area contributed by atoms with Crippen LogP contribution < -0.4 is 10.3 Å². The molecular formula is C21H16N4O5S. The lowest BCUT2D eigenvalue weighted by Gasteiger charge is -2.13. The molecule has 0 radical (unpaired) electrons. The number of nitro benzene ring substituents is 1. The highest BCUT2D eigenvalue weighted by Crippen LogP contribution is 2.21. The molecule has 0 aliphatic carbocycles. The molecule has 0 saturated heterocycles. The molecule has 31 heavy (non-hydrogen) atoms. The van der Waals surface area contributed by atoms with Crippen LogP contribution in [0, 0.1) is 17.0 Å². The third-order valence-electron chi connectivity index (χ3n) is 4.66. The van der Waals surface area contributed by atoms with Gasteiger partial charge in [-0.3, -0.25) is 24.2 Å². The number of nitrogens with one attached hydrogen (secondary N) is 1. The van der Waals surface area contributed by atoms with E-state index < -0.39 is 14.9 Å². The van der Waals surface area contributed by atoms with Crippen LogP contribution in [0.15, 0.2) is 82.5 Å². The van der Waals surface area contributed by atoms with Crippen LogP contribution in [0.4, 0.5) is 11.4 Å². The molecule has 156 valence electrons. The molecule has 9 nitrogen and oxygen atoms in total. The number of sulfonamides is 1. The molecule has 0 saturated carbocycles. The lowest BCUT2D eigenvalue weighted by molar-refractivity contribution is -0.384. The molecular weight excluding hydrogens is 420 g/mol. The van der Waals surface area contributed by atoms with Crippen molar-refractivity contribution in [1.29, 1.82) is 0 Å². The zero-order chi connectivity index (χ0) is 22.2. The Bertz CT molecular complexity index is 1480. The summed E-state index contributed by atoms with van der Waals surface area (Å²) in [6, 6.07) is 17.9. The second kappa shape index (κ2) is 7.65. The summed E-state index contributed by atoms with van der Waals surface area (Å²) in [5.41, 5.74) is 0.786. The second-order valence-corrected chi connectivity index (χ2v) is 8.41. The topological polar surface area (TPSA) is 124 Å². The molecule has 3 aromatic carbocycles. The highest BCUT2D eigenvalue weighted by Gasteiger charge is 2.17. The van der Waals surface area contributed by atoms with Crippen molar-refractivity contribution in [2.24, 2.45) is 0 Å². The van der Waals surface area contributed by atoms with Gasteiger partial charge in [-0.25, -0.2) is 13.4 Å². The first kappa shape index (κ1) is 20.2. The molecule has 1 aromatic heterocycles. The van der Waals surface area contributed by atoms with Crippen LogP contribution in [0.5, 0.6) is 0 Å². The number of hydrogen-bond donors (Lipinski definition) is 1. The average Bonchev–Trinajstić information content (AvgIpc) is 2.74. The van der Waals surface area contributed by atoms with Gasteiger partial charge in [-0.2, -0.15) is 0 Å². The van der Waals surface area contributed by atoms with Crippen LogP contribution in [-0.2, 0) is 10.0 Å². The molecule has 1 heterocycles. The highest BCUT2D eigenvalue weighted by atomic mass is 32.2. The van der Waals surface area contributed by atoms with Crippen LogP contribution in [0.2, 0.25) is 0 Å². The first-order valence-electron chi connectivity index (χ1n) is 9.12. The summed E-state index contributed by atoms with van der Waals surface area (Å²) < 4.78 is 29.2. The minimum Gasteiger partial charge on any atom is -0.280 e. The zero-order valence-electron chi connectivity index (χ0n) is 16.2. The normalized spacial score (nSPS) is 11.4. The predicted molar refractivity (Wildman–Crippen MR) is 116 cm³/mol.